The Kier molecular flexibility index (Phi) is 5.04. The lowest BCUT2D eigenvalue weighted by molar-refractivity contribution is -0.138. The first kappa shape index (κ1) is 21.3. The Labute approximate surface area is 178 Å². The minimum Gasteiger partial charge on any atom is -0.386 e. The topological polar surface area (TPSA) is 74.2 Å². The highest BCUT2D eigenvalue weighted by Gasteiger charge is 2.37. The summed E-state index contributed by atoms with van der Waals surface area (Å²) >= 11 is 0. The van der Waals surface area contributed by atoms with Crippen molar-refractivity contribution in [2.24, 2.45) is 0 Å². The number of alkyl halides is 3. The lowest BCUT2D eigenvalue weighted by Gasteiger charge is -2.45. The molecule has 1 aliphatic heterocycles. The first-order chi connectivity index (χ1) is 14.5. The zero-order chi connectivity index (χ0) is 22.6. The second-order valence-corrected chi connectivity index (χ2v) is 8.46. The molecule has 1 fully saturated rings. The highest BCUT2D eigenvalue weighted by atomic mass is 19.4. The summed E-state index contributed by atoms with van der Waals surface area (Å²) in [5, 5.41) is 23.3. The van der Waals surface area contributed by atoms with Crippen molar-refractivity contribution in [2.75, 3.05) is 23.3 Å². The summed E-state index contributed by atoms with van der Waals surface area (Å²) < 4.78 is 39.9. The third kappa shape index (κ3) is 4.01. The van der Waals surface area contributed by atoms with Crippen molar-refractivity contribution in [1.82, 2.24) is 15.2 Å². The number of hydrogen-bond donors (Lipinski definition) is 2. The second-order valence-electron chi connectivity index (χ2n) is 8.46. The number of nitrogens with zero attached hydrogens (tertiary/aromatic N) is 4. The highest BCUT2D eigenvalue weighted by molar-refractivity contribution is 5.94. The van der Waals surface area contributed by atoms with Crippen LogP contribution in [0, 0.1) is 13.8 Å². The maximum Gasteiger partial charge on any atom is 0.416 e. The number of fused-ring (bicyclic) bond motifs is 1. The molecule has 31 heavy (non-hydrogen) atoms. The molecule has 1 saturated heterocycles. The molecule has 0 unspecified atom stereocenters. The molecule has 0 amide bonds. The molecule has 1 aliphatic rings. The maximum atomic E-state index is 13.3. The van der Waals surface area contributed by atoms with Gasteiger partial charge in [0, 0.05) is 30.1 Å². The van der Waals surface area contributed by atoms with Crippen LogP contribution in [0.15, 0.2) is 30.5 Å². The van der Waals surface area contributed by atoms with Crippen molar-refractivity contribution in [2.45, 2.75) is 45.5 Å². The average Bonchev–Trinajstić information content (AvgIpc) is 2.67. The zero-order valence-electron chi connectivity index (χ0n) is 17.7. The average molecular weight is 431 g/mol. The fourth-order valence-electron chi connectivity index (χ4n) is 4.09. The van der Waals surface area contributed by atoms with Crippen molar-refractivity contribution in [1.29, 1.82) is 0 Å². The van der Waals surface area contributed by atoms with Gasteiger partial charge in [0.2, 0.25) is 0 Å². The van der Waals surface area contributed by atoms with E-state index in [1.54, 1.807) is 26.1 Å². The molecule has 1 atom stereocenters. The van der Waals surface area contributed by atoms with Gasteiger partial charge in [0.05, 0.1) is 22.9 Å². The van der Waals surface area contributed by atoms with E-state index in [4.69, 9.17) is 0 Å². The summed E-state index contributed by atoms with van der Waals surface area (Å²) in [6.07, 6.45) is -2.69. The number of aliphatic hydroxyl groups is 1. The molecular formula is C22H24F3N5O. The van der Waals surface area contributed by atoms with Gasteiger partial charge in [-0.15, -0.1) is 5.10 Å². The first-order valence-corrected chi connectivity index (χ1v) is 10.00. The Morgan fingerprint density at radius 1 is 1.16 bits per heavy atom. The molecule has 0 spiro atoms. The minimum atomic E-state index is -4.41. The van der Waals surface area contributed by atoms with Crippen LogP contribution in [-0.2, 0) is 6.18 Å². The number of aryl methyl sites for hydroxylation is 1. The second kappa shape index (κ2) is 7.33. The van der Waals surface area contributed by atoms with Crippen LogP contribution < -0.4 is 10.2 Å². The predicted octanol–water partition coefficient (Wildman–Crippen LogP) is 4.40. The van der Waals surface area contributed by atoms with Gasteiger partial charge in [0.25, 0.3) is 0 Å². The standard InChI is InChI=1S/C22H24F3N5O/c1-12-15(6-5-7-18(12)22(23,24)25)13(2)27-20-16-8-19(30-10-21(4,31)11-30)26-9-17(16)14(3)28-29-20/h5-9,13,31H,10-11H2,1-4H3,(H,27,29)/t13-/m1/s1. The zero-order valence-corrected chi connectivity index (χ0v) is 17.7. The summed E-state index contributed by atoms with van der Waals surface area (Å²) in [7, 11) is 0. The summed E-state index contributed by atoms with van der Waals surface area (Å²) in [4.78, 5) is 6.44. The van der Waals surface area contributed by atoms with E-state index in [0.717, 1.165) is 16.8 Å². The fourth-order valence-corrected chi connectivity index (χ4v) is 4.09. The van der Waals surface area contributed by atoms with Gasteiger partial charge < -0.3 is 15.3 Å². The van der Waals surface area contributed by atoms with Gasteiger partial charge in [-0.3, -0.25) is 0 Å². The molecule has 4 rings (SSSR count). The molecule has 0 saturated carbocycles. The third-order valence-electron chi connectivity index (χ3n) is 5.72. The molecule has 2 aromatic heterocycles. The molecule has 0 aliphatic carbocycles. The van der Waals surface area contributed by atoms with Crippen molar-refractivity contribution in [3.8, 4) is 0 Å². The lowest BCUT2D eigenvalue weighted by atomic mass is 9.96. The monoisotopic (exact) mass is 431 g/mol. The Hall–Kier alpha value is -2.94. The van der Waals surface area contributed by atoms with E-state index in [1.807, 2.05) is 17.9 Å². The number of aromatic nitrogens is 3. The van der Waals surface area contributed by atoms with Crippen LogP contribution in [0.3, 0.4) is 0 Å². The van der Waals surface area contributed by atoms with Gasteiger partial charge in [-0.25, -0.2) is 4.98 Å². The third-order valence-corrected chi connectivity index (χ3v) is 5.72. The number of pyridine rings is 1. The molecule has 9 heteroatoms. The molecule has 3 aromatic rings. The highest BCUT2D eigenvalue weighted by Crippen LogP contribution is 2.36. The van der Waals surface area contributed by atoms with Gasteiger partial charge in [-0.05, 0) is 51.0 Å². The molecule has 2 N–H and O–H groups in total. The van der Waals surface area contributed by atoms with Crippen molar-refractivity contribution < 1.29 is 18.3 Å². The maximum absolute atomic E-state index is 13.3. The van der Waals surface area contributed by atoms with E-state index in [2.05, 4.69) is 20.5 Å². The molecule has 3 heterocycles. The number of nitrogens with one attached hydrogen (secondary N) is 1. The van der Waals surface area contributed by atoms with E-state index >= 15 is 0 Å². The quantitative estimate of drug-likeness (QED) is 0.638. The van der Waals surface area contributed by atoms with Gasteiger partial charge >= 0.3 is 6.18 Å². The largest absolute Gasteiger partial charge is 0.416 e. The molecule has 0 radical (unpaired) electrons. The van der Waals surface area contributed by atoms with Crippen LogP contribution in [0.25, 0.3) is 10.8 Å². The van der Waals surface area contributed by atoms with Crippen molar-refractivity contribution in [3.63, 3.8) is 0 Å². The Morgan fingerprint density at radius 3 is 2.52 bits per heavy atom. The number of benzene rings is 1. The van der Waals surface area contributed by atoms with Gasteiger partial charge in [0.15, 0.2) is 5.82 Å². The molecule has 1 aromatic carbocycles. The molecule has 0 bridgehead atoms. The fraction of sp³-hybridized carbons (Fsp3) is 0.409. The Bertz CT molecular complexity index is 1140. The first-order valence-electron chi connectivity index (χ1n) is 10.00. The summed E-state index contributed by atoms with van der Waals surface area (Å²) in [6.45, 7) is 7.83. The predicted molar refractivity (Wildman–Crippen MR) is 113 cm³/mol. The SMILES string of the molecule is Cc1c([C@@H](C)Nc2nnc(C)c3cnc(N4CC(C)(O)C4)cc23)cccc1C(F)(F)F. The van der Waals surface area contributed by atoms with Crippen LogP contribution in [0.5, 0.6) is 0 Å². The van der Waals surface area contributed by atoms with Crippen molar-refractivity contribution in [3.05, 3.63) is 52.8 Å². The van der Waals surface area contributed by atoms with Gasteiger partial charge in [0.1, 0.15) is 5.82 Å². The van der Waals surface area contributed by atoms with Crippen LogP contribution in [0.4, 0.5) is 24.8 Å². The van der Waals surface area contributed by atoms with E-state index in [1.165, 1.54) is 13.0 Å². The summed E-state index contributed by atoms with van der Waals surface area (Å²) in [5.41, 5.74) is 0.0514. The van der Waals surface area contributed by atoms with Crippen LogP contribution in [0.2, 0.25) is 0 Å². The van der Waals surface area contributed by atoms with Crippen molar-refractivity contribution >= 4 is 22.4 Å². The van der Waals surface area contributed by atoms with Crippen LogP contribution >= 0.6 is 0 Å². The Balaban J connectivity index is 1.69. The summed E-state index contributed by atoms with van der Waals surface area (Å²) in [5.74, 6) is 1.18. The number of β-amino-alcohol motifs (C(OH)–C–C–N with tert-alkyl or cyclic N) is 1. The number of hydrogen-bond acceptors (Lipinski definition) is 6. The van der Waals surface area contributed by atoms with E-state index < -0.39 is 23.4 Å². The minimum absolute atomic E-state index is 0.185. The lowest BCUT2D eigenvalue weighted by Crippen LogP contribution is -2.60. The van der Waals surface area contributed by atoms with E-state index in [9.17, 15) is 18.3 Å². The normalized spacial score (nSPS) is 16.8. The van der Waals surface area contributed by atoms with Crippen LogP contribution in [-0.4, -0.2) is 39.0 Å². The number of anilines is 2. The van der Waals surface area contributed by atoms with E-state index in [0.29, 0.717) is 36.0 Å². The van der Waals surface area contributed by atoms with E-state index in [-0.39, 0.29) is 5.56 Å². The smallest absolute Gasteiger partial charge is 0.386 e. The summed E-state index contributed by atoms with van der Waals surface area (Å²) in [6, 6.07) is 5.64. The molecular weight excluding hydrogens is 407 g/mol. The number of rotatable bonds is 4. The molecule has 164 valence electrons. The number of halogens is 3. The Morgan fingerprint density at radius 2 is 1.87 bits per heavy atom. The van der Waals surface area contributed by atoms with Gasteiger partial charge in [-0.2, -0.15) is 18.3 Å². The molecule has 6 nitrogen and oxygen atoms in total. The van der Waals surface area contributed by atoms with Gasteiger partial charge in [-0.1, -0.05) is 12.1 Å². The van der Waals surface area contributed by atoms with Crippen LogP contribution in [0.1, 0.15) is 42.3 Å².